The van der Waals surface area contributed by atoms with E-state index in [9.17, 15) is 4.79 Å². The summed E-state index contributed by atoms with van der Waals surface area (Å²) in [5.74, 6) is 4.33. The van der Waals surface area contributed by atoms with E-state index < -0.39 is 6.17 Å². The number of halogens is 1. The standard InChI is InChI=1S/C39H40ClN3O10/c1-45-31-15-22(38-41-27-11-10-25(40)20-26(27)39(44)42-38)9-12-29(31)51-13-7-8-14-52-37-34(48-4)16-23(17-35(37)49-5)28-21-30(53-43-28)24-18-32(46-2)36(50-6)33(19-24)47-3/h9-12,15-21,38,41H,7-8,13-14H2,1-6H3,(H,42,44). The summed E-state index contributed by atoms with van der Waals surface area (Å²) in [4.78, 5) is 12.7. The topological polar surface area (TPSA) is 141 Å². The fourth-order valence-electron chi connectivity index (χ4n) is 5.88. The fourth-order valence-corrected chi connectivity index (χ4v) is 6.05. The number of nitrogens with zero attached hydrogens (tertiary/aromatic N) is 1. The van der Waals surface area contributed by atoms with Crippen LogP contribution in [-0.2, 0) is 0 Å². The molecule has 0 bridgehead atoms. The molecule has 1 aliphatic rings. The van der Waals surface area contributed by atoms with Crippen molar-refractivity contribution in [3.8, 4) is 68.6 Å². The number of rotatable bonds is 16. The van der Waals surface area contributed by atoms with Crippen molar-refractivity contribution in [1.82, 2.24) is 10.5 Å². The highest BCUT2D eigenvalue weighted by molar-refractivity contribution is 6.31. The van der Waals surface area contributed by atoms with Crippen molar-refractivity contribution in [1.29, 1.82) is 0 Å². The van der Waals surface area contributed by atoms with Crippen molar-refractivity contribution in [3.63, 3.8) is 0 Å². The van der Waals surface area contributed by atoms with Crippen LogP contribution in [0.5, 0.6) is 46.0 Å². The highest BCUT2D eigenvalue weighted by Gasteiger charge is 2.26. The molecule has 1 amide bonds. The average molecular weight is 746 g/mol. The molecule has 6 rings (SSSR count). The molecule has 4 aromatic carbocycles. The Hall–Kier alpha value is -5.95. The number of amides is 1. The van der Waals surface area contributed by atoms with Gasteiger partial charge in [-0.15, -0.1) is 0 Å². The average Bonchev–Trinajstić information content (AvgIpc) is 3.69. The highest BCUT2D eigenvalue weighted by Crippen LogP contribution is 2.44. The molecule has 0 radical (unpaired) electrons. The molecule has 0 saturated carbocycles. The number of carbonyl (C=O) groups is 1. The Morgan fingerprint density at radius 2 is 1.26 bits per heavy atom. The molecule has 1 atom stereocenters. The van der Waals surface area contributed by atoms with E-state index in [0.29, 0.717) is 111 Å². The maximum atomic E-state index is 12.7. The zero-order valence-corrected chi connectivity index (χ0v) is 30.9. The zero-order valence-electron chi connectivity index (χ0n) is 30.2. The fraction of sp³-hybridized carbons (Fsp3) is 0.282. The molecule has 2 N–H and O–H groups in total. The lowest BCUT2D eigenvalue weighted by Gasteiger charge is -2.28. The molecule has 0 saturated heterocycles. The minimum absolute atomic E-state index is 0.211. The van der Waals surface area contributed by atoms with E-state index >= 15 is 0 Å². The molecule has 0 fully saturated rings. The second-order valence-electron chi connectivity index (χ2n) is 11.8. The summed E-state index contributed by atoms with van der Waals surface area (Å²) >= 11 is 6.07. The minimum atomic E-state index is -0.443. The predicted molar refractivity (Wildman–Crippen MR) is 199 cm³/mol. The second kappa shape index (κ2) is 16.6. The van der Waals surface area contributed by atoms with Crippen molar-refractivity contribution in [2.75, 3.05) is 61.2 Å². The van der Waals surface area contributed by atoms with E-state index in [1.807, 2.05) is 30.3 Å². The molecule has 53 heavy (non-hydrogen) atoms. The van der Waals surface area contributed by atoms with Gasteiger partial charge in [-0.1, -0.05) is 22.8 Å². The van der Waals surface area contributed by atoms with Crippen LogP contribution < -0.4 is 48.5 Å². The Balaban J connectivity index is 1.06. The van der Waals surface area contributed by atoms with Gasteiger partial charge in [0.1, 0.15) is 11.9 Å². The molecular weight excluding hydrogens is 706 g/mol. The summed E-state index contributed by atoms with van der Waals surface area (Å²) < 4.78 is 51.3. The van der Waals surface area contributed by atoms with Crippen LogP contribution in [0.4, 0.5) is 5.69 Å². The van der Waals surface area contributed by atoms with Gasteiger partial charge >= 0.3 is 0 Å². The van der Waals surface area contributed by atoms with E-state index in [4.69, 9.17) is 54.0 Å². The molecule has 1 aromatic heterocycles. The third-order valence-corrected chi connectivity index (χ3v) is 8.82. The number of aromatic nitrogens is 1. The first-order chi connectivity index (χ1) is 25.8. The minimum Gasteiger partial charge on any atom is -0.493 e. The summed E-state index contributed by atoms with van der Waals surface area (Å²) in [5, 5.41) is 11.1. The first-order valence-corrected chi connectivity index (χ1v) is 17.0. The Kier molecular flexibility index (Phi) is 11.5. The number of hydrogen-bond acceptors (Lipinski definition) is 12. The maximum absolute atomic E-state index is 12.7. The molecule has 2 heterocycles. The second-order valence-corrected chi connectivity index (χ2v) is 12.2. The van der Waals surface area contributed by atoms with Crippen molar-refractivity contribution in [2.45, 2.75) is 19.0 Å². The maximum Gasteiger partial charge on any atom is 0.255 e. The number of carbonyl (C=O) groups excluding carboxylic acids is 1. The molecule has 1 aliphatic heterocycles. The summed E-state index contributed by atoms with van der Waals surface area (Å²) in [5.41, 5.74) is 3.97. The van der Waals surface area contributed by atoms with Crippen molar-refractivity contribution >= 4 is 23.2 Å². The predicted octanol–water partition coefficient (Wildman–Crippen LogP) is 7.81. The number of anilines is 1. The Labute approximate surface area is 311 Å². The number of nitrogens with one attached hydrogen (secondary N) is 2. The zero-order chi connectivity index (χ0) is 37.5. The van der Waals surface area contributed by atoms with Gasteiger partial charge in [-0.05, 0) is 73.0 Å². The molecule has 14 heteroatoms. The van der Waals surface area contributed by atoms with Gasteiger partial charge in [-0.3, -0.25) is 4.79 Å². The van der Waals surface area contributed by atoms with Crippen LogP contribution in [0.15, 0.2) is 71.3 Å². The molecule has 5 aromatic rings. The Morgan fingerprint density at radius 3 is 1.91 bits per heavy atom. The summed E-state index contributed by atoms with van der Waals surface area (Å²) in [6.45, 7) is 0.819. The highest BCUT2D eigenvalue weighted by atomic mass is 35.5. The van der Waals surface area contributed by atoms with Crippen LogP contribution in [0.2, 0.25) is 5.02 Å². The lowest BCUT2D eigenvalue weighted by atomic mass is 10.1. The largest absolute Gasteiger partial charge is 0.493 e. The van der Waals surface area contributed by atoms with E-state index in [2.05, 4.69) is 15.8 Å². The lowest BCUT2D eigenvalue weighted by Crippen LogP contribution is -2.38. The number of ether oxygens (including phenoxy) is 8. The Bertz CT molecular complexity index is 2030. The third kappa shape index (κ3) is 7.95. The molecular formula is C39H40ClN3O10. The van der Waals surface area contributed by atoms with E-state index in [1.54, 1.807) is 79.1 Å². The SMILES string of the molecule is COc1cc(C2NC(=O)c3cc(Cl)ccc3N2)ccc1OCCCCOc1c(OC)cc(-c2cc(-c3cc(OC)c(OC)c(OC)c3)on2)cc1OC. The lowest BCUT2D eigenvalue weighted by molar-refractivity contribution is 0.0935. The summed E-state index contributed by atoms with van der Waals surface area (Å²) in [6.07, 6.45) is 0.953. The molecule has 0 aliphatic carbocycles. The van der Waals surface area contributed by atoms with Gasteiger partial charge in [0.15, 0.2) is 40.3 Å². The number of fused-ring (bicyclic) bond motifs is 1. The summed E-state index contributed by atoms with van der Waals surface area (Å²) in [7, 11) is 9.36. The molecule has 0 spiro atoms. The van der Waals surface area contributed by atoms with Crippen LogP contribution in [0, 0.1) is 0 Å². The van der Waals surface area contributed by atoms with Crippen LogP contribution >= 0.6 is 11.6 Å². The van der Waals surface area contributed by atoms with Crippen LogP contribution in [0.25, 0.3) is 22.6 Å². The number of unbranched alkanes of at least 4 members (excludes halogenated alkanes) is 1. The van der Waals surface area contributed by atoms with Crippen LogP contribution in [-0.4, -0.2) is 66.9 Å². The Morgan fingerprint density at radius 1 is 0.642 bits per heavy atom. The van der Waals surface area contributed by atoms with Gasteiger partial charge in [0.05, 0.1) is 61.4 Å². The smallest absolute Gasteiger partial charge is 0.255 e. The quantitative estimate of drug-likeness (QED) is 0.0952. The van der Waals surface area contributed by atoms with Gasteiger partial charge in [0.25, 0.3) is 5.91 Å². The van der Waals surface area contributed by atoms with Crippen molar-refractivity contribution in [3.05, 3.63) is 82.9 Å². The van der Waals surface area contributed by atoms with Gasteiger partial charge in [0, 0.05) is 27.9 Å². The van der Waals surface area contributed by atoms with Crippen molar-refractivity contribution in [2.24, 2.45) is 0 Å². The third-order valence-electron chi connectivity index (χ3n) is 8.58. The van der Waals surface area contributed by atoms with E-state index in [1.165, 1.54) is 0 Å². The van der Waals surface area contributed by atoms with Crippen molar-refractivity contribution < 1.29 is 47.2 Å². The van der Waals surface area contributed by atoms with Gasteiger partial charge in [-0.25, -0.2) is 0 Å². The molecule has 278 valence electrons. The van der Waals surface area contributed by atoms with Gasteiger partial charge in [-0.2, -0.15) is 0 Å². The molecule has 13 nitrogen and oxygen atoms in total. The van der Waals surface area contributed by atoms with Crippen LogP contribution in [0.3, 0.4) is 0 Å². The van der Waals surface area contributed by atoms with Crippen LogP contribution in [0.1, 0.15) is 34.9 Å². The number of benzene rings is 4. The first kappa shape index (κ1) is 36.8. The number of hydrogen-bond donors (Lipinski definition) is 2. The first-order valence-electron chi connectivity index (χ1n) is 16.6. The van der Waals surface area contributed by atoms with E-state index in [0.717, 1.165) is 5.56 Å². The van der Waals surface area contributed by atoms with Gasteiger partial charge in [0.2, 0.25) is 11.5 Å². The number of methoxy groups -OCH3 is 6. The monoisotopic (exact) mass is 745 g/mol. The summed E-state index contributed by atoms with van der Waals surface area (Å²) in [6, 6.07) is 19.7. The normalized spacial score (nSPS) is 13.3. The van der Waals surface area contributed by atoms with Gasteiger partial charge < -0.3 is 53.1 Å². The molecule has 1 unspecified atom stereocenters. The van der Waals surface area contributed by atoms with E-state index in [-0.39, 0.29) is 5.91 Å².